The number of nitrogens with one attached hydrogen (secondary N) is 1. The molecule has 3 heterocycles. The molecule has 0 unspecified atom stereocenters. The van der Waals surface area contributed by atoms with Crippen molar-refractivity contribution in [3.63, 3.8) is 0 Å². The summed E-state index contributed by atoms with van der Waals surface area (Å²) in [6.07, 6.45) is 4.55. The molecule has 0 aliphatic carbocycles. The van der Waals surface area contributed by atoms with Crippen LogP contribution >= 0.6 is 0 Å². The Labute approximate surface area is 147 Å². The molecule has 1 aromatic carbocycles. The van der Waals surface area contributed by atoms with E-state index in [1.54, 1.807) is 0 Å². The van der Waals surface area contributed by atoms with E-state index in [9.17, 15) is 4.79 Å². The summed E-state index contributed by atoms with van der Waals surface area (Å²) in [5.74, 6) is 1.41. The lowest BCUT2D eigenvalue weighted by atomic mass is 9.73. The Morgan fingerprint density at radius 2 is 1.96 bits per heavy atom. The number of carbonyl (C=O) groups is 1. The monoisotopic (exact) mass is 340 g/mol. The van der Waals surface area contributed by atoms with Gasteiger partial charge in [-0.25, -0.2) is 0 Å². The molecule has 1 N–H and O–H groups in total. The summed E-state index contributed by atoms with van der Waals surface area (Å²) in [5, 5.41) is 7.50. The van der Waals surface area contributed by atoms with Gasteiger partial charge in [0.15, 0.2) is 5.82 Å². The van der Waals surface area contributed by atoms with Gasteiger partial charge in [-0.05, 0) is 43.3 Å². The smallest absolute Gasteiger partial charge is 0.231 e. The van der Waals surface area contributed by atoms with Crippen LogP contribution in [0.5, 0.6) is 0 Å². The van der Waals surface area contributed by atoms with Gasteiger partial charge in [-0.3, -0.25) is 4.79 Å². The number of carbonyl (C=O) groups excluding carboxylic acids is 1. The van der Waals surface area contributed by atoms with Crippen molar-refractivity contribution >= 4 is 5.91 Å². The summed E-state index contributed by atoms with van der Waals surface area (Å²) >= 11 is 0. The minimum absolute atomic E-state index is 0.207. The average molecular weight is 340 g/mol. The van der Waals surface area contributed by atoms with E-state index in [2.05, 4.69) is 15.5 Å². The van der Waals surface area contributed by atoms with Crippen molar-refractivity contribution in [2.75, 3.05) is 19.6 Å². The van der Waals surface area contributed by atoms with Crippen LogP contribution in [0.2, 0.25) is 0 Å². The van der Waals surface area contributed by atoms with Gasteiger partial charge in [0.1, 0.15) is 0 Å². The van der Waals surface area contributed by atoms with Gasteiger partial charge in [-0.1, -0.05) is 35.5 Å². The van der Waals surface area contributed by atoms with Crippen molar-refractivity contribution in [3.05, 3.63) is 47.6 Å². The first kappa shape index (κ1) is 16.3. The largest absolute Gasteiger partial charge is 0.339 e. The van der Waals surface area contributed by atoms with Crippen molar-refractivity contribution in [3.8, 4) is 0 Å². The molecule has 132 valence electrons. The predicted molar refractivity (Wildman–Crippen MR) is 92.7 cm³/mol. The number of piperidine rings is 2. The Bertz CT molecular complexity index is 722. The van der Waals surface area contributed by atoms with Gasteiger partial charge in [-0.2, -0.15) is 4.98 Å². The number of aromatic nitrogens is 2. The zero-order chi connectivity index (χ0) is 17.1. The number of hydrogen-bond donors (Lipinski definition) is 1. The molecule has 1 aromatic heterocycles. The Hall–Kier alpha value is -2.21. The molecule has 1 spiro atoms. The highest BCUT2D eigenvalue weighted by molar-refractivity contribution is 5.77. The van der Waals surface area contributed by atoms with Crippen molar-refractivity contribution in [1.29, 1.82) is 0 Å². The standard InChI is InChI=1S/C19H24N4O2/c24-18-6-7-19(8-10-20-11-9-19)14-23(18)13-16-21-17(25-22-16)12-15-4-2-1-3-5-15/h1-5,20H,6-14H2. The topological polar surface area (TPSA) is 71.3 Å². The van der Waals surface area contributed by atoms with Crippen LogP contribution in [-0.2, 0) is 17.8 Å². The zero-order valence-corrected chi connectivity index (χ0v) is 14.4. The van der Waals surface area contributed by atoms with Crippen LogP contribution in [0.15, 0.2) is 34.9 Å². The lowest BCUT2D eigenvalue weighted by Gasteiger charge is -2.44. The Morgan fingerprint density at radius 3 is 2.76 bits per heavy atom. The first-order valence-electron chi connectivity index (χ1n) is 9.06. The van der Waals surface area contributed by atoms with E-state index in [1.165, 1.54) is 0 Å². The molecule has 6 nitrogen and oxygen atoms in total. The summed E-state index contributed by atoms with van der Waals surface area (Å²) in [7, 11) is 0. The van der Waals surface area contributed by atoms with Crippen molar-refractivity contribution in [2.24, 2.45) is 5.41 Å². The van der Waals surface area contributed by atoms with E-state index < -0.39 is 0 Å². The maximum absolute atomic E-state index is 12.3. The van der Waals surface area contributed by atoms with Gasteiger partial charge in [0.25, 0.3) is 0 Å². The lowest BCUT2D eigenvalue weighted by Crippen LogP contribution is -2.50. The first-order chi connectivity index (χ1) is 12.2. The van der Waals surface area contributed by atoms with Crippen LogP contribution < -0.4 is 5.32 Å². The molecule has 2 saturated heterocycles. The minimum Gasteiger partial charge on any atom is -0.339 e. The molecular formula is C19H24N4O2. The predicted octanol–water partition coefficient (Wildman–Crippen LogP) is 2.15. The van der Waals surface area contributed by atoms with E-state index in [1.807, 2.05) is 35.2 Å². The fourth-order valence-corrected chi connectivity index (χ4v) is 3.98. The molecule has 2 aliphatic rings. The fraction of sp³-hybridized carbons (Fsp3) is 0.526. The Morgan fingerprint density at radius 1 is 1.16 bits per heavy atom. The summed E-state index contributed by atoms with van der Waals surface area (Å²) < 4.78 is 5.37. The molecule has 2 aliphatic heterocycles. The summed E-state index contributed by atoms with van der Waals surface area (Å²) in [4.78, 5) is 18.8. The van der Waals surface area contributed by atoms with Crippen LogP contribution in [0.3, 0.4) is 0 Å². The highest BCUT2D eigenvalue weighted by atomic mass is 16.5. The maximum atomic E-state index is 12.3. The summed E-state index contributed by atoms with van der Waals surface area (Å²) in [6.45, 7) is 3.36. The molecule has 0 radical (unpaired) electrons. The number of nitrogens with zero attached hydrogens (tertiary/aromatic N) is 3. The molecule has 0 saturated carbocycles. The van der Waals surface area contributed by atoms with Gasteiger partial charge in [-0.15, -0.1) is 0 Å². The SMILES string of the molecule is O=C1CCC2(CCNCC2)CN1Cc1noc(Cc2ccccc2)n1. The van der Waals surface area contributed by atoms with Gasteiger partial charge in [0.05, 0.1) is 13.0 Å². The molecule has 0 atom stereocenters. The minimum atomic E-state index is 0.207. The highest BCUT2D eigenvalue weighted by Crippen LogP contribution is 2.38. The lowest BCUT2D eigenvalue weighted by molar-refractivity contribution is -0.139. The summed E-state index contributed by atoms with van der Waals surface area (Å²) in [6, 6.07) is 10.1. The third-order valence-electron chi connectivity index (χ3n) is 5.45. The molecule has 2 aromatic rings. The number of rotatable bonds is 4. The van der Waals surface area contributed by atoms with Gasteiger partial charge in [0, 0.05) is 13.0 Å². The number of amides is 1. The van der Waals surface area contributed by atoms with E-state index in [0.29, 0.717) is 31.1 Å². The van der Waals surface area contributed by atoms with Crippen LogP contribution in [0, 0.1) is 5.41 Å². The van der Waals surface area contributed by atoms with Gasteiger partial charge >= 0.3 is 0 Å². The maximum Gasteiger partial charge on any atom is 0.231 e. The molecule has 2 fully saturated rings. The van der Waals surface area contributed by atoms with E-state index in [-0.39, 0.29) is 11.3 Å². The molecule has 25 heavy (non-hydrogen) atoms. The van der Waals surface area contributed by atoms with Crippen LogP contribution in [0.25, 0.3) is 0 Å². The molecule has 4 rings (SSSR count). The third kappa shape index (κ3) is 3.74. The van der Waals surface area contributed by atoms with E-state index in [4.69, 9.17) is 4.52 Å². The van der Waals surface area contributed by atoms with Crippen molar-refractivity contribution < 1.29 is 9.32 Å². The highest BCUT2D eigenvalue weighted by Gasteiger charge is 2.39. The first-order valence-corrected chi connectivity index (χ1v) is 9.06. The average Bonchev–Trinajstić information content (AvgIpc) is 3.07. The Kier molecular flexibility index (Phi) is 4.53. The second-order valence-corrected chi connectivity index (χ2v) is 7.27. The zero-order valence-electron chi connectivity index (χ0n) is 14.4. The molecule has 6 heteroatoms. The van der Waals surface area contributed by atoms with E-state index in [0.717, 1.165) is 44.5 Å². The van der Waals surface area contributed by atoms with Crippen LogP contribution in [0.1, 0.15) is 43.0 Å². The van der Waals surface area contributed by atoms with Crippen molar-refractivity contribution in [2.45, 2.75) is 38.6 Å². The van der Waals surface area contributed by atoms with E-state index >= 15 is 0 Å². The quantitative estimate of drug-likeness (QED) is 0.923. The van der Waals surface area contributed by atoms with Gasteiger partial charge < -0.3 is 14.7 Å². The van der Waals surface area contributed by atoms with Crippen molar-refractivity contribution in [1.82, 2.24) is 20.4 Å². The molecule has 0 bridgehead atoms. The summed E-state index contributed by atoms with van der Waals surface area (Å²) in [5.41, 5.74) is 1.41. The molecular weight excluding hydrogens is 316 g/mol. The van der Waals surface area contributed by atoms with Crippen LogP contribution in [-0.4, -0.2) is 40.6 Å². The van der Waals surface area contributed by atoms with Crippen LogP contribution in [0.4, 0.5) is 0 Å². The number of benzene rings is 1. The third-order valence-corrected chi connectivity index (χ3v) is 5.45. The molecule has 1 amide bonds. The second kappa shape index (κ2) is 6.96. The normalized spacial score (nSPS) is 20.2. The van der Waals surface area contributed by atoms with Gasteiger partial charge in [0.2, 0.25) is 11.8 Å². The second-order valence-electron chi connectivity index (χ2n) is 7.27. The number of likely N-dealkylation sites (tertiary alicyclic amines) is 1. The number of hydrogen-bond acceptors (Lipinski definition) is 5. The fourth-order valence-electron chi connectivity index (χ4n) is 3.98. The Balaban J connectivity index is 1.41.